The first-order valence-electron chi connectivity index (χ1n) is 8.12. The third kappa shape index (κ3) is 2.68. The Labute approximate surface area is 150 Å². The van der Waals surface area contributed by atoms with E-state index in [1.165, 1.54) is 17.0 Å². The van der Waals surface area contributed by atoms with Crippen molar-refractivity contribution in [2.75, 3.05) is 10.2 Å². The Hall–Kier alpha value is -3.65. The van der Waals surface area contributed by atoms with Crippen LogP contribution in [0.4, 0.5) is 15.8 Å². The van der Waals surface area contributed by atoms with Crippen LogP contribution >= 0.6 is 0 Å². The predicted molar refractivity (Wildman–Crippen MR) is 97.2 cm³/mol. The largest absolute Gasteiger partial charge is 0.360 e. The third-order valence-electron chi connectivity index (χ3n) is 4.34. The molecule has 1 heterocycles. The van der Waals surface area contributed by atoms with E-state index in [2.05, 4.69) is 11.4 Å². The number of nitrogens with one attached hydrogen (secondary N) is 1. The molecule has 126 valence electrons. The van der Waals surface area contributed by atoms with E-state index >= 15 is 0 Å². The number of anilines is 2. The van der Waals surface area contributed by atoms with E-state index in [0.717, 1.165) is 5.56 Å². The Bertz CT molecular complexity index is 1040. The molecule has 4 rings (SSSR count). The average molecular weight is 343 g/mol. The normalized spacial score (nSPS) is 15.8. The summed E-state index contributed by atoms with van der Waals surface area (Å²) in [5.41, 5.74) is 2.91. The summed E-state index contributed by atoms with van der Waals surface area (Å²) in [5.74, 6) is -0.643. The SMILES string of the molecule is N#Cc1cccc([C@H]2Nc3ccccc3C(=O)N2c2cccc(F)c2)c1. The molecule has 0 unspecified atom stereocenters. The van der Waals surface area contributed by atoms with Crippen molar-refractivity contribution < 1.29 is 9.18 Å². The van der Waals surface area contributed by atoms with Gasteiger partial charge in [0.25, 0.3) is 5.91 Å². The van der Waals surface area contributed by atoms with E-state index in [9.17, 15) is 14.4 Å². The highest BCUT2D eigenvalue weighted by molar-refractivity contribution is 6.12. The molecule has 4 nitrogen and oxygen atoms in total. The van der Waals surface area contributed by atoms with Crippen molar-refractivity contribution in [1.82, 2.24) is 0 Å². The summed E-state index contributed by atoms with van der Waals surface area (Å²) in [4.78, 5) is 14.7. The zero-order valence-corrected chi connectivity index (χ0v) is 13.7. The molecule has 0 radical (unpaired) electrons. The van der Waals surface area contributed by atoms with Crippen LogP contribution in [0.15, 0.2) is 72.8 Å². The number of nitrogens with zero attached hydrogens (tertiary/aromatic N) is 2. The lowest BCUT2D eigenvalue weighted by Crippen LogP contribution is -2.43. The minimum Gasteiger partial charge on any atom is -0.360 e. The van der Waals surface area contributed by atoms with Gasteiger partial charge in [-0.25, -0.2) is 4.39 Å². The number of rotatable bonds is 2. The van der Waals surface area contributed by atoms with Gasteiger partial charge in [0.1, 0.15) is 12.0 Å². The molecule has 1 aliphatic heterocycles. The first-order valence-corrected chi connectivity index (χ1v) is 8.12. The van der Waals surface area contributed by atoms with E-state index in [1.807, 2.05) is 18.2 Å². The highest BCUT2D eigenvalue weighted by Gasteiger charge is 2.34. The number of para-hydroxylation sites is 1. The number of hydrogen-bond acceptors (Lipinski definition) is 3. The van der Waals surface area contributed by atoms with Gasteiger partial charge < -0.3 is 5.32 Å². The van der Waals surface area contributed by atoms with E-state index < -0.39 is 12.0 Å². The Morgan fingerprint density at radius 3 is 2.62 bits per heavy atom. The molecule has 0 fully saturated rings. The molecule has 0 aliphatic carbocycles. The van der Waals surface area contributed by atoms with Gasteiger partial charge in [0.2, 0.25) is 0 Å². The Balaban J connectivity index is 1.89. The van der Waals surface area contributed by atoms with Crippen LogP contribution in [0.25, 0.3) is 0 Å². The average Bonchev–Trinajstić information content (AvgIpc) is 2.68. The second-order valence-electron chi connectivity index (χ2n) is 5.98. The first kappa shape index (κ1) is 15.9. The molecule has 0 saturated carbocycles. The summed E-state index contributed by atoms with van der Waals surface area (Å²) in [5, 5.41) is 12.5. The molecule has 0 saturated heterocycles. The zero-order chi connectivity index (χ0) is 18.1. The van der Waals surface area contributed by atoms with Crippen LogP contribution in [-0.4, -0.2) is 5.91 Å². The fourth-order valence-corrected chi connectivity index (χ4v) is 3.16. The third-order valence-corrected chi connectivity index (χ3v) is 4.34. The molecule has 0 bridgehead atoms. The van der Waals surface area contributed by atoms with Crippen molar-refractivity contribution in [2.24, 2.45) is 0 Å². The van der Waals surface area contributed by atoms with Crippen molar-refractivity contribution >= 4 is 17.3 Å². The fourth-order valence-electron chi connectivity index (χ4n) is 3.16. The standard InChI is InChI=1S/C21H14FN3O/c22-16-7-4-8-17(12-16)25-20(15-6-3-5-14(11-15)13-23)24-19-10-2-1-9-18(19)21(25)26/h1-12,20,24H/t20-/m0/s1. The van der Waals surface area contributed by atoms with Crippen molar-refractivity contribution in [3.63, 3.8) is 0 Å². The summed E-state index contributed by atoms with van der Waals surface area (Å²) in [6.45, 7) is 0. The number of carbonyl (C=O) groups excluding carboxylic acids is 1. The minimum atomic E-state index is -0.549. The van der Waals surface area contributed by atoms with Crippen LogP contribution in [-0.2, 0) is 0 Å². The number of carbonyl (C=O) groups is 1. The maximum atomic E-state index is 13.8. The van der Waals surface area contributed by atoms with Crippen molar-refractivity contribution in [1.29, 1.82) is 5.26 Å². The van der Waals surface area contributed by atoms with Crippen LogP contribution in [0.1, 0.15) is 27.7 Å². The topological polar surface area (TPSA) is 56.1 Å². The Kier molecular flexibility index (Phi) is 3.86. The number of amides is 1. The summed E-state index contributed by atoms with van der Waals surface area (Å²) in [6, 6.07) is 22.3. The molecule has 3 aromatic carbocycles. The molecule has 1 atom stereocenters. The van der Waals surface area contributed by atoms with Crippen LogP contribution in [0.2, 0.25) is 0 Å². The van der Waals surface area contributed by atoms with Crippen molar-refractivity contribution in [3.05, 3.63) is 95.3 Å². The molecule has 5 heteroatoms. The fraction of sp³-hybridized carbons (Fsp3) is 0.0476. The maximum Gasteiger partial charge on any atom is 0.262 e. The van der Waals surface area contributed by atoms with Gasteiger partial charge in [-0.05, 0) is 48.0 Å². The second-order valence-corrected chi connectivity index (χ2v) is 5.98. The van der Waals surface area contributed by atoms with E-state index in [4.69, 9.17) is 0 Å². The highest BCUT2D eigenvalue weighted by Crippen LogP contribution is 2.36. The molecule has 0 spiro atoms. The molecule has 1 aliphatic rings. The summed E-state index contributed by atoms with van der Waals surface area (Å²) in [7, 11) is 0. The monoisotopic (exact) mass is 343 g/mol. The highest BCUT2D eigenvalue weighted by atomic mass is 19.1. The molecule has 1 N–H and O–H groups in total. The Morgan fingerprint density at radius 1 is 1.00 bits per heavy atom. The first-order chi connectivity index (χ1) is 12.7. The van der Waals surface area contributed by atoms with Gasteiger partial charge in [-0.3, -0.25) is 9.69 Å². The van der Waals surface area contributed by atoms with Crippen molar-refractivity contribution in [2.45, 2.75) is 6.17 Å². The smallest absolute Gasteiger partial charge is 0.262 e. The number of halogens is 1. The molecule has 3 aromatic rings. The van der Waals surface area contributed by atoms with Gasteiger partial charge >= 0.3 is 0 Å². The van der Waals surface area contributed by atoms with E-state index in [1.54, 1.807) is 42.5 Å². The molecule has 26 heavy (non-hydrogen) atoms. The lowest BCUT2D eigenvalue weighted by atomic mass is 10.0. The minimum absolute atomic E-state index is 0.225. The number of nitriles is 1. The Morgan fingerprint density at radius 2 is 1.81 bits per heavy atom. The lowest BCUT2D eigenvalue weighted by molar-refractivity contribution is 0.0975. The quantitative estimate of drug-likeness (QED) is 0.747. The zero-order valence-electron chi connectivity index (χ0n) is 13.7. The van der Waals surface area contributed by atoms with Crippen LogP contribution in [0, 0.1) is 17.1 Å². The molecular weight excluding hydrogens is 329 g/mol. The summed E-state index contributed by atoms with van der Waals surface area (Å²) < 4.78 is 13.8. The van der Waals surface area contributed by atoms with Crippen LogP contribution < -0.4 is 10.2 Å². The van der Waals surface area contributed by atoms with Gasteiger partial charge in [0, 0.05) is 11.4 Å². The number of hydrogen-bond donors (Lipinski definition) is 1. The van der Waals surface area contributed by atoms with Crippen LogP contribution in [0.5, 0.6) is 0 Å². The van der Waals surface area contributed by atoms with Gasteiger partial charge in [-0.2, -0.15) is 5.26 Å². The molecule has 0 aromatic heterocycles. The molecular formula is C21H14FN3O. The summed E-state index contributed by atoms with van der Waals surface area (Å²) in [6.07, 6.45) is -0.549. The summed E-state index contributed by atoms with van der Waals surface area (Å²) >= 11 is 0. The maximum absolute atomic E-state index is 13.8. The lowest BCUT2D eigenvalue weighted by Gasteiger charge is -2.38. The van der Waals surface area contributed by atoms with Gasteiger partial charge in [-0.1, -0.05) is 30.3 Å². The van der Waals surface area contributed by atoms with E-state index in [0.29, 0.717) is 22.5 Å². The van der Waals surface area contributed by atoms with Gasteiger partial charge in [-0.15, -0.1) is 0 Å². The molecule has 1 amide bonds. The van der Waals surface area contributed by atoms with Gasteiger partial charge in [0.05, 0.1) is 17.2 Å². The van der Waals surface area contributed by atoms with Crippen LogP contribution in [0.3, 0.4) is 0 Å². The predicted octanol–water partition coefficient (Wildman–Crippen LogP) is 4.47. The van der Waals surface area contributed by atoms with E-state index in [-0.39, 0.29) is 5.91 Å². The number of benzene rings is 3. The van der Waals surface area contributed by atoms with Crippen molar-refractivity contribution in [3.8, 4) is 6.07 Å². The van der Waals surface area contributed by atoms with Gasteiger partial charge in [0.15, 0.2) is 0 Å². The second kappa shape index (κ2) is 6.34. The number of fused-ring (bicyclic) bond motifs is 1.